The Balaban J connectivity index is 1.38. The summed E-state index contributed by atoms with van der Waals surface area (Å²) in [6.07, 6.45) is 1.95. The minimum Gasteiger partial charge on any atom is -0.497 e. The van der Waals surface area contributed by atoms with Crippen LogP contribution in [-0.4, -0.2) is 41.4 Å². The number of benzene rings is 2. The first-order chi connectivity index (χ1) is 14.9. The van der Waals surface area contributed by atoms with E-state index in [-0.39, 0.29) is 16.8 Å². The molecule has 2 amide bonds. The van der Waals surface area contributed by atoms with Gasteiger partial charge in [0.25, 0.3) is 5.91 Å². The van der Waals surface area contributed by atoms with Crippen LogP contribution in [0.1, 0.15) is 21.7 Å². The first-order valence-corrected chi connectivity index (χ1v) is 10.8. The van der Waals surface area contributed by atoms with Crippen LogP contribution >= 0.6 is 22.9 Å². The molecule has 2 heterocycles. The lowest BCUT2D eigenvalue weighted by molar-refractivity contribution is -0.129. The number of likely N-dealkylation sites (tertiary alicyclic amines) is 1. The van der Waals surface area contributed by atoms with Gasteiger partial charge in [-0.05, 0) is 42.3 Å². The summed E-state index contributed by atoms with van der Waals surface area (Å²) in [6.45, 7) is 1.03. The van der Waals surface area contributed by atoms with Gasteiger partial charge < -0.3 is 15.0 Å². The highest BCUT2D eigenvalue weighted by Gasteiger charge is 2.33. The monoisotopic (exact) mass is 459 g/mol. The predicted molar refractivity (Wildman–Crippen MR) is 117 cm³/mol. The van der Waals surface area contributed by atoms with Crippen LogP contribution in [0.25, 0.3) is 10.6 Å². The molecule has 1 saturated heterocycles. The Morgan fingerprint density at radius 2 is 2.10 bits per heavy atom. The van der Waals surface area contributed by atoms with Gasteiger partial charge in [0.1, 0.15) is 27.5 Å². The Morgan fingerprint density at radius 1 is 1.32 bits per heavy atom. The summed E-state index contributed by atoms with van der Waals surface area (Å²) in [5.74, 6) is -0.218. The number of hydrogen-bond acceptors (Lipinski definition) is 5. The maximum atomic E-state index is 13.6. The number of hydrogen-bond donors (Lipinski definition) is 1. The molecule has 0 spiro atoms. The minimum atomic E-state index is -0.583. The van der Waals surface area contributed by atoms with Crippen molar-refractivity contribution in [3.63, 3.8) is 0 Å². The van der Waals surface area contributed by atoms with Crippen molar-refractivity contribution in [1.82, 2.24) is 15.2 Å². The van der Waals surface area contributed by atoms with E-state index < -0.39 is 11.9 Å². The van der Waals surface area contributed by atoms with Crippen molar-refractivity contribution in [1.29, 1.82) is 0 Å². The lowest BCUT2D eigenvalue weighted by Crippen LogP contribution is -2.41. The molecule has 31 heavy (non-hydrogen) atoms. The third kappa shape index (κ3) is 4.86. The molecule has 9 heteroatoms. The van der Waals surface area contributed by atoms with Crippen LogP contribution in [0, 0.1) is 5.82 Å². The lowest BCUT2D eigenvalue weighted by atomic mass is 10.2. The van der Waals surface area contributed by atoms with Crippen molar-refractivity contribution < 1.29 is 18.7 Å². The number of rotatable bonds is 6. The smallest absolute Gasteiger partial charge is 0.263 e. The van der Waals surface area contributed by atoms with Gasteiger partial charge in [-0.3, -0.25) is 9.59 Å². The van der Waals surface area contributed by atoms with E-state index in [1.54, 1.807) is 18.1 Å². The zero-order chi connectivity index (χ0) is 22.0. The second-order valence-electron chi connectivity index (χ2n) is 7.11. The van der Waals surface area contributed by atoms with Crippen molar-refractivity contribution >= 4 is 34.8 Å². The largest absolute Gasteiger partial charge is 0.497 e. The van der Waals surface area contributed by atoms with E-state index in [9.17, 15) is 14.0 Å². The molecule has 1 aliphatic heterocycles. The highest BCUT2D eigenvalue weighted by Crippen LogP contribution is 2.28. The average molecular weight is 460 g/mol. The van der Waals surface area contributed by atoms with E-state index in [0.29, 0.717) is 35.0 Å². The van der Waals surface area contributed by atoms with Gasteiger partial charge in [0, 0.05) is 23.7 Å². The zero-order valence-electron chi connectivity index (χ0n) is 16.6. The first-order valence-electron chi connectivity index (χ1n) is 9.58. The average Bonchev–Trinajstić information content (AvgIpc) is 3.37. The van der Waals surface area contributed by atoms with Crippen LogP contribution in [-0.2, 0) is 11.3 Å². The lowest BCUT2D eigenvalue weighted by Gasteiger charge is -2.17. The molecule has 6 nitrogen and oxygen atoms in total. The van der Waals surface area contributed by atoms with Crippen LogP contribution in [0.5, 0.6) is 5.75 Å². The number of amides is 2. The zero-order valence-corrected chi connectivity index (χ0v) is 18.2. The molecule has 3 aromatic rings. The van der Waals surface area contributed by atoms with Gasteiger partial charge in [-0.2, -0.15) is 0 Å². The fourth-order valence-electron chi connectivity index (χ4n) is 3.40. The molecule has 160 valence electrons. The molecule has 0 radical (unpaired) electrons. The third-order valence-corrected chi connectivity index (χ3v) is 6.24. The van der Waals surface area contributed by atoms with E-state index in [2.05, 4.69) is 10.3 Å². The van der Waals surface area contributed by atoms with Crippen LogP contribution in [0.3, 0.4) is 0 Å². The van der Waals surface area contributed by atoms with Gasteiger partial charge in [-0.1, -0.05) is 23.7 Å². The molecule has 1 N–H and O–H groups in total. The van der Waals surface area contributed by atoms with Crippen LogP contribution in [0.15, 0.2) is 48.7 Å². The van der Waals surface area contributed by atoms with E-state index >= 15 is 0 Å². The summed E-state index contributed by atoms with van der Waals surface area (Å²) < 4.78 is 18.7. The van der Waals surface area contributed by atoms with E-state index in [0.717, 1.165) is 22.6 Å². The van der Waals surface area contributed by atoms with Crippen LogP contribution in [0.4, 0.5) is 4.39 Å². The Morgan fingerprint density at radius 3 is 2.81 bits per heavy atom. The predicted octanol–water partition coefficient (Wildman–Crippen LogP) is 4.14. The van der Waals surface area contributed by atoms with E-state index in [1.165, 1.54) is 18.3 Å². The molecule has 1 aliphatic rings. The molecular formula is C22H19ClFN3O3S. The summed E-state index contributed by atoms with van der Waals surface area (Å²) in [7, 11) is 1.60. The molecule has 1 unspecified atom stereocenters. The van der Waals surface area contributed by atoms with Gasteiger partial charge in [0.2, 0.25) is 5.91 Å². The van der Waals surface area contributed by atoms with Crippen LogP contribution in [0.2, 0.25) is 5.02 Å². The standard InChI is InChI=1S/C22H19ClFN3O3S/c1-30-17-4-2-13(3-5-17)12-27-7-6-18(22(27)29)26-20(28)19-11-25-21(31-19)14-8-15(23)10-16(24)9-14/h2-5,8-11,18H,6-7,12H2,1H3,(H,26,28). The fraction of sp³-hybridized carbons (Fsp3) is 0.227. The van der Waals surface area contributed by atoms with Gasteiger partial charge in [-0.15, -0.1) is 11.3 Å². The first kappa shape index (κ1) is 21.3. The molecule has 0 aliphatic carbocycles. The molecular weight excluding hydrogens is 441 g/mol. The maximum Gasteiger partial charge on any atom is 0.263 e. The maximum absolute atomic E-state index is 13.6. The highest BCUT2D eigenvalue weighted by atomic mass is 35.5. The van der Waals surface area contributed by atoms with Crippen molar-refractivity contribution in [2.45, 2.75) is 19.0 Å². The van der Waals surface area contributed by atoms with Crippen molar-refractivity contribution in [3.8, 4) is 16.3 Å². The molecule has 4 rings (SSSR count). The summed E-state index contributed by atoms with van der Waals surface area (Å²) >= 11 is 7.01. The molecule has 2 aromatic carbocycles. The van der Waals surface area contributed by atoms with Crippen molar-refractivity contribution in [2.24, 2.45) is 0 Å². The third-order valence-electron chi connectivity index (χ3n) is 4.97. The summed E-state index contributed by atoms with van der Waals surface area (Å²) in [5.41, 5.74) is 1.48. The highest BCUT2D eigenvalue weighted by molar-refractivity contribution is 7.16. The number of carbonyl (C=O) groups excluding carboxylic acids is 2. The fourth-order valence-corrected chi connectivity index (χ4v) is 4.43. The topological polar surface area (TPSA) is 71.5 Å². The number of halogens is 2. The number of carbonyl (C=O) groups is 2. The molecule has 1 aromatic heterocycles. The Bertz CT molecular complexity index is 1100. The van der Waals surface area contributed by atoms with Gasteiger partial charge in [0.15, 0.2) is 0 Å². The minimum absolute atomic E-state index is 0.120. The van der Waals surface area contributed by atoms with E-state index in [4.69, 9.17) is 16.3 Å². The summed E-state index contributed by atoms with van der Waals surface area (Å²) in [4.78, 5) is 31.6. The number of nitrogens with one attached hydrogen (secondary N) is 1. The number of nitrogens with zero attached hydrogens (tertiary/aromatic N) is 2. The second-order valence-corrected chi connectivity index (χ2v) is 8.58. The molecule has 0 saturated carbocycles. The van der Waals surface area contributed by atoms with Gasteiger partial charge in [-0.25, -0.2) is 9.37 Å². The Kier molecular flexibility index (Phi) is 6.20. The SMILES string of the molecule is COc1ccc(CN2CCC(NC(=O)c3cnc(-c4cc(F)cc(Cl)c4)s3)C2=O)cc1. The van der Waals surface area contributed by atoms with Gasteiger partial charge in [0.05, 0.1) is 13.3 Å². The molecule has 1 atom stereocenters. The summed E-state index contributed by atoms with van der Waals surface area (Å²) in [5, 5.41) is 3.52. The Labute approximate surface area is 187 Å². The normalized spacial score (nSPS) is 15.9. The number of aromatic nitrogens is 1. The number of methoxy groups -OCH3 is 1. The summed E-state index contributed by atoms with van der Waals surface area (Å²) in [6, 6.07) is 11.0. The quantitative estimate of drug-likeness (QED) is 0.601. The van der Waals surface area contributed by atoms with Crippen LogP contribution < -0.4 is 10.1 Å². The number of ether oxygens (including phenoxy) is 1. The van der Waals surface area contributed by atoms with Gasteiger partial charge >= 0.3 is 0 Å². The second kappa shape index (κ2) is 9.03. The molecule has 0 bridgehead atoms. The van der Waals surface area contributed by atoms with Crippen molar-refractivity contribution in [2.75, 3.05) is 13.7 Å². The number of thiazole rings is 1. The molecule has 1 fully saturated rings. The van der Waals surface area contributed by atoms with E-state index in [1.807, 2.05) is 24.3 Å². The van der Waals surface area contributed by atoms with Crippen molar-refractivity contribution in [3.05, 3.63) is 69.9 Å². The Hall–Kier alpha value is -2.97.